The first-order valence-electron chi connectivity index (χ1n) is 7.54. The SMILES string of the molecule is CCCCN(CC)S(=O)(=O)c1ccc(CNC(C)(C)C)o1. The highest BCUT2D eigenvalue weighted by atomic mass is 32.2. The second-order valence-electron chi connectivity index (χ2n) is 6.17. The second kappa shape index (κ2) is 7.42. The Hall–Kier alpha value is -0.850. The Morgan fingerprint density at radius 3 is 2.43 bits per heavy atom. The Bertz CT molecular complexity index is 529. The van der Waals surface area contributed by atoms with Crippen LogP contribution in [0.25, 0.3) is 0 Å². The monoisotopic (exact) mass is 316 g/mol. The molecule has 0 aliphatic carbocycles. The van der Waals surface area contributed by atoms with Crippen LogP contribution in [0.3, 0.4) is 0 Å². The third-order valence-corrected chi connectivity index (χ3v) is 4.99. The number of nitrogens with zero attached hydrogens (tertiary/aromatic N) is 1. The summed E-state index contributed by atoms with van der Waals surface area (Å²) in [5, 5.41) is 3.31. The molecule has 0 atom stereocenters. The van der Waals surface area contributed by atoms with Gasteiger partial charge in [-0.25, -0.2) is 8.42 Å². The number of hydrogen-bond donors (Lipinski definition) is 1. The van der Waals surface area contributed by atoms with Crippen LogP contribution in [0.4, 0.5) is 0 Å². The Balaban J connectivity index is 2.82. The molecule has 0 aliphatic heterocycles. The summed E-state index contributed by atoms with van der Waals surface area (Å²) >= 11 is 0. The van der Waals surface area contributed by atoms with Gasteiger partial charge < -0.3 is 9.73 Å². The molecule has 1 heterocycles. The summed E-state index contributed by atoms with van der Waals surface area (Å²) < 4.78 is 32.0. The summed E-state index contributed by atoms with van der Waals surface area (Å²) in [5.74, 6) is 0.634. The highest BCUT2D eigenvalue weighted by Crippen LogP contribution is 2.19. The Morgan fingerprint density at radius 2 is 1.90 bits per heavy atom. The van der Waals surface area contributed by atoms with Crippen LogP contribution in [-0.2, 0) is 16.6 Å². The van der Waals surface area contributed by atoms with Gasteiger partial charge in [0.25, 0.3) is 10.0 Å². The van der Waals surface area contributed by atoms with E-state index in [4.69, 9.17) is 4.42 Å². The minimum atomic E-state index is -3.52. The fourth-order valence-electron chi connectivity index (χ4n) is 1.85. The largest absolute Gasteiger partial charge is 0.447 e. The van der Waals surface area contributed by atoms with E-state index in [0.29, 0.717) is 25.4 Å². The van der Waals surface area contributed by atoms with Gasteiger partial charge in [-0.1, -0.05) is 20.3 Å². The van der Waals surface area contributed by atoms with Crippen molar-refractivity contribution in [3.8, 4) is 0 Å². The molecule has 0 radical (unpaired) electrons. The van der Waals surface area contributed by atoms with Crippen molar-refractivity contribution >= 4 is 10.0 Å². The van der Waals surface area contributed by atoms with E-state index in [1.54, 1.807) is 12.1 Å². The summed E-state index contributed by atoms with van der Waals surface area (Å²) in [6.07, 6.45) is 1.82. The molecular weight excluding hydrogens is 288 g/mol. The molecule has 0 unspecified atom stereocenters. The number of nitrogens with one attached hydrogen (secondary N) is 1. The Kier molecular flexibility index (Phi) is 6.43. The quantitative estimate of drug-likeness (QED) is 0.801. The third-order valence-electron chi connectivity index (χ3n) is 3.14. The van der Waals surface area contributed by atoms with Gasteiger partial charge in [-0.2, -0.15) is 4.31 Å². The fourth-order valence-corrected chi connectivity index (χ4v) is 3.27. The summed E-state index contributed by atoms with van der Waals surface area (Å²) in [5.41, 5.74) is -0.0393. The standard InChI is InChI=1S/C15H28N2O3S/c1-6-8-11-17(7-2)21(18,19)14-10-9-13(20-14)12-16-15(3,4)5/h9-10,16H,6-8,11-12H2,1-5H3. The van der Waals surface area contributed by atoms with Crippen LogP contribution in [-0.4, -0.2) is 31.4 Å². The van der Waals surface area contributed by atoms with Crippen LogP contribution in [0, 0.1) is 0 Å². The second-order valence-corrected chi connectivity index (χ2v) is 8.04. The van der Waals surface area contributed by atoms with Crippen LogP contribution in [0.2, 0.25) is 0 Å². The van der Waals surface area contributed by atoms with Crippen LogP contribution in [0.15, 0.2) is 21.6 Å². The molecule has 0 fully saturated rings. The highest BCUT2D eigenvalue weighted by molar-refractivity contribution is 7.89. The molecule has 5 nitrogen and oxygen atoms in total. The van der Waals surface area contributed by atoms with Gasteiger partial charge in [0.15, 0.2) is 0 Å². The van der Waals surface area contributed by atoms with Crippen LogP contribution in [0.5, 0.6) is 0 Å². The number of furan rings is 1. The zero-order valence-corrected chi connectivity index (χ0v) is 14.6. The molecule has 0 aromatic carbocycles. The predicted octanol–water partition coefficient (Wildman–Crippen LogP) is 2.98. The molecule has 0 saturated heterocycles. The Morgan fingerprint density at radius 1 is 1.24 bits per heavy atom. The molecule has 0 bridgehead atoms. The van der Waals surface area contributed by atoms with E-state index in [0.717, 1.165) is 12.8 Å². The topological polar surface area (TPSA) is 62.6 Å². The van der Waals surface area contributed by atoms with Crippen molar-refractivity contribution in [2.24, 2.45) is 0 Å². The van der Waals surface area contributed by atoms with E-state index in [1.807, 2.05) is 13.8 Å². The summed E-state index contributed by atoms with van der Waals surface area (Å²) in [7, 11) is -3.52. The maximum atomic E-state index is 12.5. The zero-order valence-electron chi connectivity index (χ0n) is 13.8. The average Bonchev–Trinajstić information content (AvgIpc) is 2.86. The molecule has 1 aromatic heterocycles. The Labute approximate surface area is 128 Å². The minimum Gasteiger partial charge on any atom is -0.447 e. The first kappa shape index (κ1) is 18.2. The van der Waals surface area contributed by atoms with Crippen LogP contribution >= 0.6 is 0 Å². The molecule has 0 spiro atoms. The lowest BCUT2D eigenvalue weighted by molar-refractivity contribution is 0.345. The summed E-state index contributed by atoms with van der Waals surface area (Å²) in [6.45, 7) is 11.6. The first-order valence-corrected chi connectivity index (χ1v) is 8.98. The average molecular weight is 316 g/mol. The van der Waals surface area contributed by atoms with Crippen molar-refractivity contribution in [1.29, 1.82) is 0 Å². The van der Waals surface area contributed by atoms with Gasteiger partial charge in [0.1, 0.15) is 5.76 Å². The number of unbranched alkanes of at least 4 members (excludes halogenated alkanes) is 1. The maximum absolute atomic E-state index is 12.5. The van der Waals surface area contributed by atoms with E-state index in [2.05, 4.69) is 26.1 Å². The lowest BCUT2D eigenvalue weighted by Crippen LogP contribution is -2.35. The normalized spacial score (nSPS) is 13.0. The molecule has 1 aromatic rings. The molecule has 6 heteroatoms. The predicted molar refractivity (Wildman–Crippen MR) is 84.6 cm³/mol. The lowest BCUT2D eigenvalue weighted by Gasteiger charge is -2.20. The van der Waals surface area contributed by atoms with E-state index >= 15 is 0 Å². The van der Waals surface area contributed by atoms with Crippen LogP contribution < -0.4 is 5.32 Å². The maximum Gasteiger partial charge on any atom is 0.276 e. The smallest absolute Gasteiger partial charge is 0.276 e. The molecule has 0 saturated carbocycles. The molecule has 122 valence electrons. The zero-order chi connectivity index (χ0) is 16.1. The van der Waals surface area contributed by atoms with E-state index in [1.165, 1.54) is 4.31 Å². The molecule has 1 N–H and O–H groups in total. The fraction of sp³-hybridized carbons (Fsp3) is 0.733. The molecule has 1 rings (SSSR count). The van der Waals surface area contributed by atoms with Gasteiger partial charge in [-0.3, -0.25) is 0 Å². The number of rotatable bonds is 8. The van der Waals surface area contributed by atoms with Gasteiger partial charge >= 0.3 is 0 Å². The molecular formula is C15H28N2O3S. The van der Waals surface area contributed by atoms with Crippen molar-refractivity contribution in [3.63, 3.8) is 0 Å². The van der Waals surface area contributed by atoms with Crippen molar-refractivity contribution in [1.82, 2.24) is 9.62 Å². The highest BCUT2D eigenvalue weighted by Gasteiger charge is 2.26. The summed E-state index contributed by atoms with van der Waals surface area (Å²) in [6, 6.07) is 3.27. The van der Waals surface area contributed by atoms with Crippen molar-refractivity contribution in [2.45, 2.75) is 64.6 Å². The van der Waals surface area contributed by atoms with E-state index in [-0.39, 0.29) is 10.6 Å². The molecule has 0 amide bonds. The van der Waals surface area contributed by atoms with Crippen LogP contribution in [0.1, 0.15) is 53.2 Å². The van der Waals surface area contributed by atoms with Crippen molar-refractivity contribution in [2.75, 3.05) is 13.1 Å². The minimum absolute atomic E-state index is 0.0335. The van der Waals surface area contributed by atoms with Gasteiger partial charge in [-0.05, 0) is 39.3 Å². The molecule has 0 aliphatic rings. The van der Waals surface area contributed by atoms with E-state index < -0.39 is 10.0 Å². The van der Waals surface area contributed by atoms with E-state index in [9.17, 15) is 8.42 Å². The van der Waals surface area contributed by atoms with Gasteiger partial charge in [0.2, 0.25) is 5.09 Å². The molecule has 21 heavy (non-hydrogen) atoms. The van der Waals surface area contributed by atoms with Crippen molar-refractivity contribution in [3.05, 3.63) is 17.9 Å². The third kappa shape index (κ3) is 5.45. The van der Waals surface area contributed by atoms with Gasteiger partial charge in [0.05, 0.1) is 6.54 Å². The number of sulfonamides is 1. The first-order chi connectivity index (χ1) is 9.70. The van der Waals surface area contributed by atoms with Gasteiger partial charge in [0, 0.05) is 18.6 Å². The van der Waals surface area contributed by atoms with Crippen molar-refractivity contribution < 1.29 is 12.8 Å². The summed E-state index contributed by atoms with van der Waals surface area (Å²) in [4.78, 5) is 0. The lowest BCUT2D eigenvalue weighted by atomic mass is 10.1. The van der Waals surface area contributed by atoms with Gasteiger partial charge in [-0.15, -0.1) is 0 Å². The number of hydrogen-bond acceptors (Lipinski definition) is 4.